The normalized spacial score (nSPS) is 31.0. The fourth-order valence-corrected chi connectivity index (χ4v) is 4.10. The molecule has 1 aliphatic carbocycles. The fraction of sp³-hybridized carbons (Fsp3) is 0.941. The second kappa shape index (κ2) is 7.75. The third-order valence-corrected chi connectivity index (χ3v) is 5.54. The van der Waals surface area contributed by atoms with Crippen LogP contribution in [0.2, 0.25) is 0 Å². The molecule has 1 saturated carbocycles. The maximum Gasteiger partial charge on any atom is 0.225 e. The van der Waals surface area contributed by atoms with Crippen molar-refractivity contribution in [1.82, 2.24) is 9.80 Å². The monoisotopic (exact) mass is 309 g/mol. The van der Waals surface area contributed by atoms with Crippen molar-refractivity contribution in [3.05, 3.63) is 0 Å². The van der Waals surface area contributed by atoms with E-state index in [0.29, 0.717) is 12.0 Å². The number of likely N-dealkylation sites (tertiary alicyclic amines) is 2. The largest absolute Gasteiger partial charge is 0.377 e. The quantitative estimate of drug-likeness (QED) is 0.829. The molecule has 0 spiro atoms. The molecule has 2 N–H and O–H groups in total. The lowest BCUT2D eigenvalue weighted by Gasteiger charge is -2.33. The highest BCUT2D eigenvalue weighted by atomic mass is 16.5. The van der Waals surface area contributed by atoms with Gasteiger partial charge in [-0.15, -0.1) is 0 Å². The Hall–Kier alpha value is -0.650. The Morgan fingerprint density at radius 2 is 1.77 bits per heavy atom. The zero-order chi connectivity index (χ0) is 15.4. The average molecular weight is 309 g/mol. The number of rotatable bonds is 5. The maximum atomic E-state index is 12.5. The van der Waals surface area contributed by atoms with E-state index in [1.54, 1.807) is 0 Å². The van der Waals surface area contributed by atoms with E-state index in [-0.39, 0.29) is 12.0 Å². The van der Waals surface area contributed by atoms with Gasteiger partial charge in [0.2, 0.25) is 5.91 Å². The number of piperidine rings is 1. The van der Waals surface area contributed by atoms with E-state index in [2.05, 4.69) is 4.90 Å². The number of carbonyl (C=O) groups excluding carboxylic acids is 1. The van der Waals surface area contributed by atoms with E-state index in [1.165, 1.54) is 25.9 Å². The lowest BCUT2D eigenvalue weighted by molar-refractivity contribution is -0.138. The zero-order valence-corrected chi connectivity index (χ0v) is 13.7. The summed E-state index contributed by atoms with van der Waals surface area (Å²) < 4.78 is 6.02. The Morgan fingerprint density at radius 1 is 1.05 bits per heavy atom. The van der Waals surface area contributed by atoms with Crippen LogP contribution in [0.5, 0.6) is 0 Å². The van der Waals surface area contributed by atoms with Crippen molar-refractivity contribution < 1.29 is 9.53 Å². The molecule has 2 aliphatic heterocycles. The Balaban J connectivity index is 1.32. The van der Waals surface area contributed by atoms with Gasteiger partial charge in [-0.2, -0.15) is 0 Å². The zero-order valence-electron chi connectivity index (χ0n) is 13.7. The topological polar surface area (TPSA) is 58.8 Å². The first kappa shape index (κ1) is 16.2. The molecule has 0 bridgehead atoms. The minimum Gasteiger partial charge on any atom is -0.377 e. The minimum atomic E-state index is 0.183. The van der Waals surface area contributed by atoms with E-state index in [9.17, 15) is 4.79 Å². The average Bonchev–Trinajstić information content (AvgIpc) is 3.19. The van der Waals surface area contributed by atoms with E-state index >= 15 is 0 Å². The highest BCUT2D eigenvalue weighted by molar-refractivity contribution is 5.79. The van der Waals surface area contributed by atoms with Crippen molar-refractivity contribution >= 4 is 5.91 Å². The van der Waals surface area contributed by atoms with Gasteiger partial charge in [-0.1, -0.05) is 0 Å². The summed E-state index contributed by atoms with van der Waals surface area (Å²) in [4.78, 5) is 17.0. The highest BCUT2D eigenvalue weighted by Gasteiger charge is 2.32. The molecule has 1 amide bonds. The van der Waals surface area contributed by atoms with Crippen LogP contribution in [0.25, 0.3) is 0 Å². The molecule has 2 unspecified atom stereocenters. The molecule has 0 aromatic carbocycles. The van der Waals surface area contributed by atoms with Crippen molar-refractivity contribution in [1.29, 1.82) is 0 Å². The van der Waals surface area contributed by atoms with E-state index < -0.39 is 0 Å². The lowest BCUT2D eigenvalue weighted by atomic mass is 10.0. The highest BCUT2D eigenvalue weighted by Crippen LogP contribution is 2.27. The molecule has 5 heteroatoms. The minimum absolute atomic E-state index is 0.183. The molecular weight excluding hydrogens is 278 g/mol. The van der Waals surface area contributed by atoms with Gasteiger partial charge >= 0.3 is 0 Å². The number of hydrogen-bond acceptors (Lipinski definition) is 4. The molecule has 3 rings (SSSR count). The third-order valence-electron chi connectivity index (χ3n) is 5.54. The van der Waals surface area contributed by atoms with Crippen LogP contribution in [-0.2, 0) is 9.53 Å². The summed E-state index contributed by atoms with van der Waals surface area (Å²) in [6.45, 7) is 6.10. The Bertz CT molecular complexity index is 363. The Kier molecular flexibility index (Phi) is 5.71. The van der Waals surface area contributed by atoms with E-state index in [0.717, 1.165) is 58.3 Å². The van der Waals surface area contributed by atoms with Crippen molar-refractivity contribution in [3.63, 3.8) is 0 Å². The predicted molar refractivity (Wildman–Crippen MR) is 86.5 cm³/mol. The summed E-state index contributed by atoms with van der Waals surface area (Å²) in [5, 5.41) is 0. The number of carbonyl (C=O) groups is 1. The Labute approximate surface area is 134 Å². The number of nitrogens with zero attached hydrogens (tertiary/aromatic N) is 2. The molecule has 0 radical (unpaired) electrons. The smallest absolute Gasteiger partial charge is 0.225 e. The number of nitrogens with two attached hydrogens (primary N) is 1. The molecule has 0 aromatic rings. The van der Waals surface area contributed by atoms with Gasteiger partial charge in [0.25, 0.3) is 0 Å². The van der Waals surface area contributed by atoms with Gasteiger partial charge in [0, 0.05) is 31.6 Å². The van der Waals surface area contributed by atoms with Crippen molar-refractivity contribution in [2.45, 2.75) is 57.1 Å². The molecule has 2 heterocycles. The number of hydrogen-bond donors (Lipinski definition) is 1. The first-order chi connectivity index (χ1) is 10.7. The molecule has 22 heavy (non-hydrogen) atoms. The first-order valence-corrected chi connectivity index (χ1v) is 9.10. The SMILES string of the molecule is NC1CCC(C(=O)N2CCC(OCCN3CCCC3)CC2)C1. The second-order valence-corrected chi connectivity index (χ2v) is 7.21. The maximum absolute atomic E-state index is 12.5. The fourth-order valence-electron chi connectivity index (χ4n) is 4.10. The first-order valence-electron chi connectivity index (χ1n) is 9.10. The second-order valence-electron chi connectivity index (χ2n) is 7.21. The number of amides is 1. The van der Waals surface area contributed by atoms with Crippen molar-refractivity contribution in [2.24, 2.45) is 11.7 Å². The summed E-state index contributed by atoms with van der Waals surface area (Å²) in [5.74, 6) is 0.520. The van der Waals surface area contributed by atoms with Gasteiger partial charge in [0.15, 0.2) is 0 Å². The van der Waals surface area contributed by atoms with Crippen LogP contribution >= 0.6 is 0 Å². The van der Waals surface area contributed by atoms with E-state index in [1.807, 2.05) is 4.90 Å². The van der Waals surface area contributed by atoms with Crippen molar-refractivity contribution in [3.8, 4) is 0 Å². The van der Waals surface area contributed by atoms with Gasteiger partial charge in [-0.05, 0) is 58.0 Å². The molecule has 3 fully saturated rings. The predicted octanol–water partition coefficient (Wildman–Crippen LogP) is 1.22. The van der Waals surface area contributed by atoms with Crippen LogP contribution in [0.1, 0.15) is 44.9 Å². The summed E-state index contributed by atoms with van der Waals surface area (Å²) in [6.07, 6.45) is 7.87. The standard InChI is InChI=1S/C17H31N3O2/c18-15-4-3-14(13-15)17(21)20-9-5-16(6-10-20)22-12-11-19-7-1-2-8-19/h14-16H,1-13,18H2. The van der Waals surface area contributed by atoms with Gasteiger partial charge in [-0.3, -0.25) is 4.79 Å². The molecular formula is C17H31N3O2. The lowest BCUT2D eigenvalue weighted by Crippen LogP contribution is -2.43. The Morgan fingerprint density at radius 3 is 2.41 bits per heavy atom. The van der Waals surface area contributed by atoms with E-state index in [4.69, 9.17) is 10.5 Å². The molecule has 3 aliphatic rings. The van der Waals surface area contributed by atoms with Gasteiger partial charge in [-0.25, -0.2) is 0 Å². The van der Waals surface area contributed by atoms with Gasteiger partial charge < -0.3 is 20.3 Å². The van der Waals surface area contributed by atoms with Gasteiger partial charge in [0.1, 0.15) is 0 Å². The molecule has 126 valence electrons. The summed E-state index contributed by atoms with van der Waals surface area (Å²) in [6, 6.07) is 0.236. The van der Waals surface area contributed by atoms with Crippen LogP contribution < -0.4 is 5.73 Å². The molecule has 5 nitrogen and oxygen atoms in total. The summed E-state index contributed by atoms with van der Waals surface area (Å²) in [5.41, 5.74) is 5.93. The summed E-state index contributed by atoms with van der Waals surface area (Å²) in [7, 11) is 0. The third kappa shape index (κ3) is 4.21. The van der Waals surface area contributed by atoms with Gasteiger partial charge in [0.05, 0.1) is 12.7 Å². The summed E-state index contributed by atoms with van der Waals surface area (Å²) >= 11 is 0. The van der Waals surface area contributed by atoms with Crippen molar-refractivity contribution in [2.75, 3.05) is 39.3 Å². The molecule has 0 aromatic heterocycles. The van der Waals surface area contributed by atoms with Crippen LogP contribution in [0, 0.1) is 5.92 Å². The van der Waals surface area contributed by atoms with Crippen LogP contribution in [0.4, 0.5) is 0 Å². The number of ether oxygens (including phenoxy) is 1. The van der Waals surface area contributed by atoms with Crippen LogP contribution in [-0.4, -0.2) is 67.2 Å². The van der Waals surface area contributed by atoms with Crippen LogP contribution in [0.3, 0.4) is 0 Å². The molecule has 2 atom stereocenters. The van der Waals surface area contributed by atoms with Crippen LogP contribution in [0.15, 0.2) is 0 Å². The molecule has 2 saturated heterocycles.